The van der Waals surface area contributed by atoms with Crippen LogP contribution >= 0.6 is 143 Å². The average molecular weight is 795 g/mol. The van der Waals surface area contributed by atoms with Gasteiger partial charge in [-0.25, -0.2) is 5.11 Å². The van der Waals surface area contributed by atoms with Crippen LogP contribution in [0.2, 0.25) is 0 Å². The zero-order valence-corrected chi connectivity index (χ0v) is 20.6. The van der Waals surface area contributed by atoms with Crippen LogP contribution in [0.4, 0.5) is 0 Å². The smallest absolute Gasteiger partial charge is 0.212 e. The van der Waals surface area contributed by atoms with Gasteiger partial charge >= 0.3 is 0 Å². The van der Waals surface area contributed by atoms with Gasteiger partial charge in [0.2, 0.25) is 4.51 Å². The van der Waals surface area contributed by atoms with Crippen molar-refractivity contribution in [1.29, 1.82) is 0 Å². The molecule has 15 heavy (non-hydrogen) atoms. The van der Waals surface area contributed by atoms with E-state index in [1.807, 2.05) is 0 Å². The van der Waals surface area contributed by atoms with Crippen LogP contribution < -0.4 is 0 Å². The molecule has 10 heteroatoms. The van der Waals surface area contributed by atoms with E-state index in [0.29, 0.717) is 0 Å². The molecule has 0 aromatic heterocycles. The van der Waals surface area contributed by atoms with Crippen LogP contribution in [0.15, 0.2) is 0 Å². The molecule has 1 saturated carbocycles. The molecule has 0 aromatic rings. The van der Waals surface area contributed by atoms with Crippen LogP contribution in [0.5, 0.6) is 0 Å². The molecule has 0 spiro atoms. The summed E-state index contributed by atoms with van der Waals surface area (Å²) in [4.78, 5) is 0. The lowest BCUT2D eigenvalue weighted by Gasteiger charge is -2.35. The van der Waals surface area contributed by atoms with Crippen molar-refractivity contribution in [2.75, 3.05) is 0 Å². The molecule has 89 valence electrons. The maximum absolute atomic E-state index is 12.6. The molecule has 0 amide bonds. The van der Waals surface area contributed by atoms with Gasteiger partial charge < -0.3 is 0 Å². The second kappa shape index (κ2) is 4.64. The monoisotopic (exact) mass is 786 g/mol. The first-order valence-electron chi connectivity index (χ1n) is 3.15. The molecule has 1 nitrogen and oxygen atoms in total. The Morgan fingerprint density at radius 3 is 0.733 bits per heavy atom. The normalized spacial score (nSPS) is 34.0. The largest absolute Gasteiger partial charge is 0.212 e. The summed E-state index contributed by atoms with van der Waals surface area (Å²) in [5, 5.41) is 12.6. The van der Waals surface area contributed by atoms with Crippen molar-refractivity contribution in [2.24, 2.45) is 0 Å². The van der Waals surface area contributed by atoms with Crippen LogP contribution in [-0.4, -0.2) is 17.4 Å². The Morgan fingerprint density at radius 1 is 0.467 bits per heavy atom. The molecule has 0 bridgehead atoms. The van der Waals surface area contributed by atoms with Crippen molar-refractivity contribution >= 4 is 143 Å². The summed E-state index contributed by atoms with van der Waals surface area (Å²) in [6.07, 6.45) is 0. The van der Waals surface area contributed by atoms with Crippen molar-refractivity contribution in [1.82, 2.24) is 0 Å². The van der Waals surface area contributed by atoms with Crippen LogP contribution in [0, 0.1) is 0 Å². The maximum atomic E-state index is 12.6. The topological polar surface area (TPSA) is 19.9 Å². The van der Waals surface area contributed by atoms with Gasteiger partial charge in [0.15, 0.2) is 6.47 Å². The van der Waals surface area contributed by atoms with Gasteiger partial charge in [0.1, 0.15) is 6.47 Å². The van der Waals surface area contributed by atoms with Gasteiger partial charge in [0.05, 0.1) is 0 Å². The highest BCUT2D eigenvalue weighted by atomic mass is 79.9. The number of rotatable bonds is 0. The first-order chi connectivity index (χ1) is 6.25. The second-order valence-electron chi connectivity index (χ2n) is 2.89. The summed E-state index contributed by atoms with van der Waals surface area (Å²) in [5.74, 6) is 0. The van der Waals surface area contributed by atoms with Gasteiger partial charge in [0.25, 0.3) is 0 Å². The fourth-order valence-electron chi connectivity index (χ4n) is 0.995. The predicted octanol–water partition coefficient (Wildman–Crippen LogP) is 6.47. The minimum Gasteiger partial charge on any atom is -0.212 e. The van der Waals surface area contributed by atoms with Crippen molar-refractivity contribution in [3.8, 4) is 0 Å². The molecule has 1 aliphatic rings. The second-order valence-corrected chi connectivity index (χ2v) is 17.8. The Morgan fingerprint density at radius 2 is 0.667 bits per heavy atom. The van der Waals surface area contributed by atoms with Gasteiger partial charge in [-0.1, -0.05) is 127 Å². The van der Waals surface area contributed by atoms with E-state index in [1.54, 1.807) is 0 Å². The van der Waals surface area contributed by atoms with Gasteiger partial charge in [-0.15, -0.1) is 0 Å². The molecular weight excluding hydrogens is 795 g/mol. The molecule has 1 fully saturated rings. The van der Waals surface area contributed by atoms with E-state index in [0.717, 1.165) is 0 Å². The minimum atomic E-state index is -1.60. The molecule has 0 unspecified atom stereocenters. The SMILES string of the molecule is [O]C1(Br)C(Br)(Br)C(Br)(Br)C(Br)(Br)C1(Br)Br. The molecule has 0 saturated heterocycles. The number of alkyl halides is 9. The van der Waals surface area contributed by atoms with Gasteiger partial charge in [-0.3, -0.25) is 0 Å². The van der Waals surface area contributed by atoms with Crippen LogP contribution in [-0.2, 0) is 5.11 Å². The first kappa shape index (κ1) is 17.3. The van der Waals surface area contributed by atoms with Crippen molar-refractivity contribution < 1.29 is 5.11 Å². The van der Waals surface area contributed by atoms with Crippen LogP contribution in [0.25, 0.3) is 0 Å². The fraction of sp³-hybridized carbons (Fsp3) is 1.00. The summed E-state index contributed by atoms with van der Waals surface area (Å²) in [6.45, 7) is 0. The molecule has 1 aliphatic carbocycles. The number of hydrogen-bond donors (Lipinski definition) is 0. The van der Waals surface area contributed by atoms with Crippen molar-refractivity contribution in [3.63, 3.8) is 0 Å². The molecule has 0 N–H and O–H groups in total. The van der Waals surface area contributed by atoms with Crippen molar-refractivity contribution in [3.05, 3.63) is 0 Å². The van der Waals surface area contributed by atoms with Gasteiger partial charge in [-0.2, -0.15) is 0 Å². The Balaban J connectivity index is 3.55. The zero-order chi connectivity index (χ0) is 12.5. The molecule has 0 heterocycles. The van der Waals surface area contributed by atoms with Gasteiger partial charge in [-0.05, 0) is 15.9 Å². The summed E-state index contributed by atoms with van der Waals surface area (Å²) in [7, 11) is 0. The third-order valence-corrected chi connectivity index (χ3v) is 21.1. The summed E-state index contributed by atoms with van der Waals surface area (Å²) >= 11 is 30.6. The number of hydrogen-bond acceptors (Lipinski definition) is 0. The highest BCUT2D eigenvalue weighted by Crippen LogP contribution is 2.80. The van der Waals surface area contributed by atoms with Gasteiger partial charge in [0, 0.05) is 0 Å². The quantitative estimate of drug-likeness (QED) is 0.251. The summed E-state index contributed by atoms with van der Waals surface area (Å²) in [6, 6.07) is 0. The van der Waals surface area contributed by atoms with Crippen LogP contribution in [0.3, 0.4) is 0 Å². The predicted molar refractivity (Wildman–Crippen MR) is 94.7 cm³/mol. The van der Waals surface area contributed by atoms with E-state index in [1.165, 1.54) is 0 Å². The highest BCUT2D eigenvalue weighted by Gasteiger charge is 2.85. The Labute approximate surface area is 163 Å². The zero-order valence-electron chi connectivity index (χ0n) is 6.31. The summed E-state index contributed by atoms with van der Waals surface area (Å²) < 4.78 is -5.25. The Kier molecular flexibility index (Phi) is 5.37. The molecule has 0 aromatic carbocycles. The highest BCUT2D eigenvalue weighted by molar-refractivity contribution is 9.35. The lowest BCUT2D eigenvalue weighted by atomic mass is 10.3. The van der Waals surface area contributed by atoms with E-state index in [-0.39, 0.29) is 0 Å². The standard InChI is InChI=1S/C5Br9O/c6-1(7)2(8,9)4(12,13)5(14,15)3(1,10)11. The maximum Gasteiger partial charge on any atom is 0.212 e. The Bertz CT molecular complexity index is 203. The molecule has 0 aliphatic heterocycles. The Hall–Kier alpha value is 4.28. The summed E-state index contributed by atoms with van der Waals surface area (Å²) in [5.41, 5.74) is 0. The lowest BCUT2D eigenvalue weighted by molar-refractivity contribution is 0.0691. The van der Waals surface area contributed by atoms with E-state index in [4.69, 9.17) is 0 Å². The number of halogens is 9. The lowest BCUT2D eigenvalue weighted by Crippen LogP contribution is -2.47. The van der Waals surface area contributed by atoms with E-state index in [9.17, 15) is 5.11 Å². The molecule has 0 atom stereocenters. The molecule has 1 rings (SSSR count). The average Bonchev–Trinajstić information content (AvgIpc) is 2.04. The van der Waals surface area contributed by atoms with E-state index in [2.05, 4.69) is 143 Å². The third-order valence-electron chi connectivity index (χ3n) is 1.99. The minimum absolute atomic E-state index is 0.807. The van der Waals surface area contributed by atoms with E-state index >= 15 is 0 Å². The first-order valence-corrected chi connectivity index (χ1v) is 10.3. The van der Waals surface area contributed by atoms with Crippen molar-refractivity contribution in [2.45, 2.75) is 17.4 Å². The third kappa shape index (κ3) is 2.00. The molecule has 1 radical (unpaired) electrons. The molecular formula is C5Br9O. The fourth-order valence-corrected chi connectivity index (χ4v) is 10.5. The van der Waals surface area contributed by atoms with Crippen LogP contribution in [0.1, 0.15) is 0 Å². The van der Waals surface area contributed by atoms with E-state index < -0.39 is 17.4 Å².